The van der Waals surface area contributed by atoms with Crippen molar-refractivity contribution in [2.75, 3.05) is 10.8 Å². The second kappa shape index (κ2) is 8.11. The Hall–Kier alpha value is -2.85. The molecule has 0 radical (unpaired) electrons. The minimum Gasteiger partial charge on any atom is -0.478 e. The van der Waals surface area contributed by atoms with Crippen LogP contribution in [0, 0.1) is 25.5 Å². The minimum absolute atomic E-state index is 0.0206. The van der Waals surface area contributed by atoms with Crippen LogP contribution < -0.4 is 4.31 Å². The molecule has 0 bridgehead atoms. The lowest BCUT2D eigenvalue weighted by molar-refractivity contribution is 0.0695. The maximum absolute atomic E-state index is 14.1. The Morgan fingerprint density at radius 1 is 1.20 bits per heavy atom. The summed E-state index contributed by atoms with van der Waals surface area (Å²) < 4.78 is 54.7. The number of halogens is 2. The molecule has 0 saturated carbocycles. The van der Waals surface area contributed by atoms with Gasteiger partial charge >= 0.3 is 5.97 Å². The van der Waals surface area contributed by atoms with Gasteiger partial charge in [-0.3, -0.25) is 0 Å². The predicted octanol–water partition coefficient (Wildman–Crippen LogP) is 4.62. The maximum atomic E-state index is 14.1. The van der Waals surface area contributed by atoms with Crippen LogP contribution in [0.2, 0.25) is 0 Å². The molecule has 0 unspecified atom stereocenters. The van der Waals surface area contributed by atoms with Gasteiger partial charge in [0.1, 0.15) is 16.6 Å². The van der Waals surface area contributed by atoms with E-state index in [4.69, 9.17) is 0 Å². The number of thiazole rings is 1. The molecule has 1 N–H and O–H groups in total. The van der Waals surface area contributed by atoms with Gasteiger partial charge < -0.3 is 5.11 Å². The lowest BCUT2D eigenvalue weighted by Crippen LogP contribution is -2.31. The molecule has 3 aromatic rings. The van der Waals surface area contributed by atoms with Gasteiger partial charge in [-0.25, -0.2) is 31.3 Å². The number of carboxylic acid groups (broad SMARTS) is 1. The topological polar surface area (TPSA) is 87.6 Å². The summed E-state index contributed by atoms with van der Waals surface area (Å²) in [6.45, 7) is 4.87. The van der Waals surface area contributed by atoms with Crippen LogP contribution in [0.25, 0.3) is 10.6 Å². The molecule has 1 aromatic heterocycles. The van der Waals surface area contributed by atoms with Crippen molar-refractivity contribution in [3.63, 3.8) is 0 Å². The third-order valence-corrected chi connectivity index (χ3v) is 7.38. The van der Waals surface area contributed by atoms with E-state index in [0.29, 0.717) is 11.1 Å². The first-order valence-electron chi connectivity index (χ1n) is 8.84. The molecule has 0 amide bonds. The first kappa shape index (κ1) is 21.8. The largest absolute Gasteiger partial charge is 0.478 e. The van der Waals surface area contributed by atoms with E-state index in [1.54, 1.807) is 20.8 Å². The standard InChI is InChI=1S/C20H18F2N2O4S2/c1-4-24(18-10-29-19(23-18)15-6-5-13(21)8-17(15)22)30(27,28)14-7-11(2)12(3)16(9-14)20(25)26/h5-10H,4H2,1-3H3,(H,25,26). The zero-order chi connectivity index (χ0) is 22.2. The van der Waals surface area contributed by atoms with Crippen LogP contribution in [-0.4, -0.2) is 31.0 Å². The summed E-state index contributed by atoms with van der Waals surface area (Å²) in [5, 5.41) is 11.0. The minimum atomic E-state index is -4.12. The summed E-state index contributed by atoms with van der Waals surface area (Å²) in [6.07, 6.45) is 0. The van der Waals surface area contributed by atoms with E-state index in [2.05, 4.69) is 4.98 Å². The zero-order valence-corrected chi connectivity index (χ0v) is 17.9. The average molecular weight is 453 g/mol. The van der Waals surface area contributed by atoms with E-state index in [0.717, 1.165) is 33.8 Å². The molecule has 1 heterocycles. The number of aryl methyl sites for hydroxylation is 1. The Balaban J connectivity index is 2.06. The third kappa shape index (κ3) is 3.92. The fraction of sp³-hybridized carbons (Fsp3) is 0.200. The Kier molecular flexibility index (Phi) is 5.91. The average Bonchev–Trinajstić information content (AvgIpc) is 3.13. The Morgan fingerprint density at radius 3 is 2.50 bits per heavy atom. The predicted molar refractivity (Wildman–Crippen MR) is 111 cm³/mol. The molecular weight excluding hydrogens is 434 g/mol. The molecule has 0 fully saturated rings. The zero-order valence-electron chi connectivity index (χ0n) is 16.3. The van der Waals surface area contributed by atoms with E-state index >= 15 is 0 Å². The molecule has 0 aliphatic rings. The van der Waals surface area contributed by atoms with Crippen molar-refractivity contribution < 1.29 is 27.1 Å². The molecule has 2 aromatic carbocycles. The molecule has 158 valence electrons. The summed E-state index contributed by atoms with van der Waals surface area (Å²) >= 11 is 1.02. The summed E-state index contributed by atoms with van der Waals surface area (Å²) in [5.74, 6) is -2.69. The Morgan fingerprint density at radius 2 is 1.90 bits per heavy atom. The van der Waals surface area contributed by atoms with E-state index in [-0.39, 0.29) is 33.4 Å². The number of hydrogen-bond acceptors (Lipinski definition) is 5. The highest BCUT2D eigenvalue weighted by atomic mass is 32.2. The highest BCUT2D eigenvalue weighted by Crippen LogP contribution is 2.32. The van der Waals surface area contributed by atoms with Crippen LogP contribution in [0.15, 0.2) is 40.6 Å². The number of nitrogens with zero attached hydrogens (tertiary/aromatic N) is 2. The molecule has 6 nitrogen and oxygen atoms in total. The molecule has 30 heavy (non-hydrogen) atoms. The number of carboxylic acids is 1. The number of benzene rings is 2. The van der Waals surface area contributed by atoms with Crippen LogP contribution in [0.1, 0.15) is 28.4 Å². The Labute approximate surface area is 176 Å². The lowest BCUT2D eigenvalue weighted by atomic mass is 10.0. The van der Waals surface area contributed by atoms with Gasteiger partial charge in [0.05, 0.1) is 10.5 Å². The lowest BCUT2D eigenvalue weighted by Gasteiger charge is -2.21. The van der Waals surface area contributed by atoms with Gasteiger partial charge in [0.15, 0.2) is 5.82 Å². The fourth-order valence-corrected chi connectivity index (χ4v) is 5.38. The highest BCUT2D eigenvalue weighted by molar-refractivity contribution is 7.92. The Bertz CT molecular complexity index is 1240. The van der Waals surface area contributed by atoms with Gasteiger partial charge in [-0.05, 0) is 56.2 Å². The molecule has 10 heteroatoms. The fourth-order valence-electron chi connectivity index (χ4n) is 2.95. The number of carbonyl (C=O) groups is 1. The van der Waals surface area contributed by atoms with Crippen LogP contribution in [-0.2, 0) is 10.0 Å². The smallest absolute Gasteiger partial charge is 0.336 e. The monoisotopic (exact) mass is 452 g/mol. The van der Waals surface area contributed by atoms with Crippen LogP contribution >= 0.6 is 11.3 Å². The molecule has 0 saturated heterocycles. The molecule has 0 aliphatic carbocycles. The summed E-state index contributed by atoms with van der Waals surface area (Å²) in [7, 11) is -4.12. The first-order chi connectivity index (χ1) is 14.1. The maximum Gasteiger partial charge on any atom is 0.336 e. The van der Waals surface area contributed by atoms with E-state index < -0.39 is 27.6 Å². The van der Waals surface area contributed by atoms with Gasteiger partial charge in [0.25, 0.3) is 10.0 Å². The van der Waals surface area contributed by atoms with E-state index in [1.807, 2.05) is 0 Å². The highest BCUT2D eigenvalue weighted by Gasteiger charge is 2.28. The van der Waals surface area contributed by atoms with Gasteiger partial charge in [-0.15, -0.1) is 11.3 Å². The van der Waals surface area contributed by atoms with E-state index in [9.17, 15) is 27.1 Å². The summed E-state index contributed by atoms with van der Waals surface area (Å²) in [5.41, 5.74) is 0.960. The number of sulfonamides is 1. The quantitative estimate of drug-likeness (QED) is 0.590. The van der Waals surface area contributed by atoms with Gasteiger partial charge in [-0.1, -0.05) is 0 Å². The van der Waals surface area contributed by atoms with Crippen molar-refractivity contribution in [3.05, 3.63) is 64.0 Å². The van der Waals surface area contributed by atoms with Crippen molar-refractivity contribution in [3.8, 4) is 10.6 Å². The van der Waals surface area contributed by atoms with Gasteiger partial charge in [0, 0.05) is 23.6 Å². The summed E-state index contributed by atoms with van der Waals surface area (Å²) in [4.78, 5) is 15.5. The molecule has 0 atom stereocenters. The van der Waals surface area contributed by atoms with Crippen molar-refractivity contribution >= 4 is 33.1 Å². The van der Waals surface area contributed by atoms with Crippen molar-refractivity contribution in [2.24, 2.45) is 0 Å². The van der Waals surface area contributed by atoms with Gasteiger partial charge in [-0.2, -0.15) is 0 Å². The molecule has 3 rings (SSSR count). The second-order valence-corrected chi connectivity index (χ2v) is 9.24. The summed E-state index contributed by atoms with van der Waals surface area (Å²) in [6, 6.07) is 5.59. The number of aromatic carboxylic acids is 1. The van der Waals surface area contributed by atoms with Crippen molar-refractivity contribution in [2.45, 2.75) is 25.7 Å². The van der Waals surface area contributed by atoms with Gasteiger partial charge in [0.2, 0.25) is 0 Å². The molecule has 0 spiro atoms. The van der Waals surface area contributed by atoms with Crippen LogP contribution in [0.4, 0.5) is 14.6 Å². The van der Waals surface area contributed by atoms with E-state index in [1.165, 1.54) is 17.5 Å². The number of hydrogen-bond donors (Lipinski definition) is 1. The number of anilines is 1. The normalized spacial score (nSPS) is 11.5. The number of rotatable bonds is 6. The van der Waals surface area contributed by atoms with Crippen LogP contribution in [0.3, 0.4) is 0 Å². The first-order valence-corrected chi connectivity index (χ1v) is 11.2. The van der Waals surface area contributed by atoms with Crippen molar-refractivity contribution in [1.82, 2.24) is 4.98 Å². The molecule has 0 aliphatic heterocycles. The second-order valence-electron chi connectivity index (χ2n) is 6.52. The third-order valence-electron chi connectivity index (χ3n) is 4.66. The number of aromatic nitrogens is 1. The molecular formula is C20H18F2N2O4S2. The SMILES string of the molecule is CCN(c1csc(-c2ccc(F)cc2F)n1)S(=O)(=O)c1cc(C)c(C)c(C(=O)O)c1. The van der Waals surface area contributed by atoms with Crippen LogP contribution in [0.5, 0.6) is 0 Å². The van der Waals surface area contributed by atoms with Crippen molar-refractivity contribution in [1.29, 1.82) is 0 Å².